The van der Waals surface area contributed by atoms with Crippen LogP contribution >= 0.6 is 0 Å². The van der Waals surface area contributed by atoms with Crippen LogP contribution in [0.15, 0.2) is 35.5 Å². The maximum Gasteiger partial charge on any atom is 0.225 e. The van der Waals surface area contributed by atoms with E-state index in [-0.39, 0.29) is 0 Å². The van der Waals surface area contributed by atoms with Crippen molar-refractivity contribution in [2.75, 3.05) is 44.4 Å². The molecule has 1 aromatic heterocycles. The predicted octanol–water partition coefficient (Wildman–Crippen LogP) is 2.73. The molecule has 0 amide bonds. The third kappa shape index (κ3) is 5.70. The zero-order valence-corrected chi connectivity index (χ0v) is 19.2. The molecule has 1 saturated heterocycles. The van der Waals surface area contributed by atoms with Gasteiger partial charge in [0.15, 0.2) is 9.84 Å². The Hall–Kier alpha value is -2.19. The van der Waals surface area contributed by atoms with E-state index in [1.807, 2.05) is 12.4 Å². The molecule has 0 N–H and O–H groups in total. The quantitative estimate of drug-likeness (QED) is 0.635. The Kier molecular flexibility index (Phi) is 7.31. The highest BCUT2D eigenvalue weighted by Gasteiger charge is 2.23. The first kappa shape index (κ1) is 22.5. The number of aromatic nitrogens is 2. The Morgan fingerprint density at radius 3 is 2.43 bits per heavy atom. The minimum atomic E-state index is -3.20. The Bertz CT molecular complexity index is 939. The van der Waals surface area contributed by atoms with Crippen molar-refractivity contribution in [2.45, 2.75) is 44.0 Å². The van der Waals surface area contributed by atoms with Crippen LogP contribution in [0.5, 0.6) is 5.75 Å². The van der Waals surface area contributed by atoms with Crippen molar-refractivity contribution < 1.29 is 13.2 Å². The van der Waals surface area contributed by atoms with Crippen molar-refractivity contribution in [2.24, 2.45) is 0 Å². The number of hydrogen-bond donors (Lipinski definition) is 0. The summed E-state index contributed by atoms with van der Waals surface area (Å²) in [6.45, 7) is 7.19. The highest BCUT2D eigenvalue weighted by atomic mass is 32.2. The van der Waals surface area contributed by atoms with Gasteiger partial charge in [-0.25, -0.2) is 18.4 Å². The molecule has 0 radical (unpaired) electrons. The summed E-state index contributed by atoms with van der Waals surface area (Å²) in [5.74, 6) is 1.53. The highest BCUT2D eigenvalue weighted by molar-refractivity contribution is 7.90. The third-order valence-corrected chi connectivity index (χ3v) is 6.99. The van der Waals surface area contributed by atoms with Crippen LogP contribution in [0.1, 0.15) is 30.9 Å². The number of piperidine rings is 1. The number of ether oxygens (including phenoxy) is 1. The third-order valence-electron chi connectivity index (χ3n) is 5.73. The summed E-state index contributed by atoms with van der Waals surface area (Å²) in [6.07, 6.45) is 8.15. The summed E-state index contributed by atoms with van der Waals surface area (Å²) in [5, 5.41) is 0. The van der Waals surface area contributed by atoms with Crippen molar-refractivity contribution in [3.63, 3.8) is 0 Å². The van der Waals surface area contributed by atoms with Crippen LogP contribution in [0, 0.1) is 6.92 Å². The number of nitrogens with zero attached hydrogens (tertiary/aromatic N) is 4. The van der Waals surface area contributed by atoms with Crippen molar-refractivity contribution in [3.8, 4) is 5.75 Å². The van der Waals surface area contributed by atoms with E-state index in [0.29, 0.717) is 28.9 Å². The second-order valence-corrected chi connectivity index (χ2v) is 9.98. The molecule has 0 bridgehead atoms. The minimum Gasteiger partial charge on any atom is -0.492 e. The van der Waals surface area contributed by atoms with Gasteiger partial charge in [0.05, 0.1) is 4.90 Å². The Balaban J connectivity index is 1.45. The Labute approximate surface area is 180 Å². The zero-order valence-electron chi connectivity index (χ0n) is 18.3. The van der Waals surface area contributed by atoms with E-state index in [9.17, 15) is 8.42 Å². The van der Waals surface area contributed by atoms with E-state index >= 15 is 0 Å². The number of sulfone groups is 1. The van der Waals surface area contributed by atoms with Crippen molar-refractivity contribution in [1.82, 2.24) is 14.9 Å². The normalized spacial score (nSPS) is 15.6. The van der Waals surface area contributed by atoms with Gasteiger partial charge in [0.25, 0.3) is 0 Å². The van der Waals surface area contributed by atoms with E-state index in [2.05, 4.69) is 33.7 Å². The summed E-state index contributed by atoms with van der Waals surface area (Å²) < 4.78 is 29.3. The summed E-state index contributed by atoms with van der Waals surface area (Å²) >= 11 is 0. The number of aryl methyl sites for hydroxylation is 2. The number of benzene rings is 1. The van der Waals surface area contributed by atoms with E-state index < -0.39 is 9.84 Å². The molecule has 1 fully saturated rings. The van der Waals surface area contributed by atoms with Crippen LogP contribution in [0.25, 0.3) is 0 Å². The molecule has 30 heavy (non-hydrogen) atoms. The molecule has 1 aliphatic heterocycles. The van der Waals surface area contributed by atoms with Crippen LogP contribution in [-0.4, -0.2) is 68.9 Å². The summed E-state index contributed by atoms with van der Waals surface area (Å²) in [5.41, 5.74) is 1.87. The highest BCUT2D eigenvalue weighted by Crippen LogP contribution is 2.22. The van der Waals surface area contributed by atoms with Gasteiger partial charge in [0.2, 0.25) is 5.95 Å². The summed E-state index contributed by atoms with van der Waals surface area (Å²) in [7, 11) is -1.07. The smallest absolute Gasteiger partial charge is 0.225 e. The van der Waals surface area contributed by atoms with E-state index in [1.54, 1.807) is 25.1 Å². The predicted molar refractivity (Wildman–Crippen MR) is 119 cm³/mol. The first-order chi connectivity index (χ1) is 14.3. The van der Waals surface area contributed by atoms with Crippen LogP contribution in [0.2, 0.25) is 0 Å². The molecule has 2 heterocycles. The lowest BCUT2D eigenvalue weighted by Gasteiger charge is -2.36. The molecule has 8 heteroatoms. The average molecular weight is 433 g/mol. The second-order valence-electron chi connectivity index (χ2n) is 7.99. The molecule has 1 aliphatic rings. The van der Waals surface area contributed by atoms with Crippen molar-refractivity contribution >= 4 is 15.8 Å². The molecule has 7 nitrogen and oxygen atoms in total. The molecule has 2 aromatic rings. The second kappa shape index (κ2) is 9.75. The lowest BCUT2D eigenvalue weighted by atomic mass is 10.0. The lowest BCUT2D eigenvalue weighted by Crippen LogP contribution is -2.45. The molecule has 1 aromatic carbocycles. The number of rotatable bonds is 8. The van der Waals surface area contributed by atoms with Gasteiger partial charge in [-0.1, -0.05) is 6.92 Å². The molecule has 164 valence electrons. The van der Waals surface area contributed by atoms with Gasteiger partial charge in [-0.15, -0.1) is 0 Å². The fourth-order valence-electron chi connectivity index (χ4n) is 3.82. The number of likely N-dealkylation sites (N-methyl/N-ethyl adjacent to an activating group) is 1. The van der Waals surface area contributed by atoms with Gasteiger partial charge in [-0.05, 0) is 62.6 Å². The first-order valence-corrected chi connectivity index (χ1v) is 12.4. The maximum atomic E-state index is 11.7. The molecular weight excluding hydrogens is 400 g/mol. The van der Waals surface area contributed by atoms with E-state index in [1.165, 1.54) is 6.26 Å². The van der Waals surface area contributed by atoms with Crippen LogP contribution in [0.3, 0.4) is 0 Å². The molecule has 0 atom stereocenters. The topological polar surface area (TPSA) is 75.6 Å². The zero-order chi connectivity index (χ0) is 21.7. The van der Waals surface area contributed by atoms with Gasteiger partial charge >= 0.3 is 0 Å². The molecule has 3 rings (SSSR count). The maximum absolute atomic E-state index is 11.7. The molecule has 0 saturated carbocycles. The van der Waals surface area contributed by atoms with E-state index in [4.69, 9.17) is 4.74 Å². The van der Waals surface area contributed by atoms with Gasteiger partial charge < -0.3 is 9.64 Å². The van der Waals surface area contributed by atoms with Gasteiger partial charge in [0.1, 0.15) is 12.4 Å². The van der Waals surface area contributed by atoms with Gasteiger partial charge in [-0.2, -0.15) is 0 Å². The van der Waals surface area contributed by atoms with E-state index in [0.717, 1.165) is 50.4 Å². The molecular formula is C22H32N4O3S. The SMILES string of the molecule is CCc1cnc(N2CCC(N(C)CCOc3ccc(S(C)(=O)=O)c(C)c3)CC2)nc1. The van der Waals surface area contributed by atoms with Crippen molar-refractivity contribution in [3.05, 3.63) is 41.7 Å². The van der Waals surface area contributed by atoms with Crippen LogP contribution in [-0.2, 0) is 16.3 Å². The van der Waals surface area contributed by atoms with Crippen LogP contribution < -0.4 is 9.64 Å². The fourth-order valence-corrected chi connectivity index (χ4v) is 4.78. The molecule has 0 spiro atoms. The first-order valence-electron chi connectivity index (χ1n) is 10.5. The minimum absolute atomic E-state index is 0.354. The molecule has 0 aliphatic carbocycles. The molecule has 0 unspecified atom stereocenters. The monoisotopic (exact) mass is 432 g/mol. The number of anilines is 1. The van der Waals surface area contributed by atoms with Gasteiger partial charge in [-0.3, -0.25) is 4.90 Å². The fraction of sp³-hybridized carbons (Fsp3) is 0.545. The summed E-state index contributed by atoms with van der Waals surface area (Å²) in [4.78, 5) is 13.9. The Morgan fingerprint density at radius 1 is 1.20 bits per heavy atom. The van der Waals surface area contributed by atoms with Crippen molar-refractivity contribution in [1.29, 1.82) is 0 Å². The summed E-state index contributed by atoms with van der Waals surface area (Å²) in [6, 6.07) is 5.65. The van der Waals surface area contributed by atoms with Crippen LogP contribution in [0.4, 0.5) is 5.95 Å². The standard InChI is InChI=1S/C22H32N4O3S/c1-5-18-15-23-22(24-16-18)26-10-8-19(9-11-26)25(3)12-13-29-20-6-7-21(17(2)14-20)30(4,27)28/h6-7,14-16,19H,5,8-13H2,1-4H3. The number of hydrogen-bond acceptors (Lipinski definition) is 7. The lowest BCUT2D eigenvalue weighted by molar-refractivity contribution is 0.170. The Morgan fingerprint density at radius 2 is 1.87 bits per heavy atom. The largest absolute Gasteiger partial charge is 0.492 e. The van der Waals surface area contributed by atoms with Gasteiger partial charge in [0, 0.05) is 44.3 Å². The average Bonchev–Trinajstić information content (AvgIpc) is 2.73.